The molecule has 0 spiro atoms. The van der Waals surface area contributed by atoms with E-state index in [4.69, 9.17) is 4.74 Å². The van der Waals surface area contributed by atoms with Crippen LogP contribution in [0.2, 0.25) is 0 Å². The first-order valence-electron chi connectivity index (χ1n) is 7.97. The summed E-state index contributed by atoms with van der Waals surface area (Å²) in [6.07, 6.45) is 5.54. The zero-order valence-corrected chi connectivity index (χ0v) is 12.3. The molecule has 0 aromatic carbocycles. The number of hydrogen-bond donors (Lipinski definition) is 0. The lowest BCUT2D eigenvalue weighted by Crippen LogP contribution is -2.37. The van der Waals surface area contributed by atoms with Crippen molar-refractivity contribution in [3.05, 3.63) is 11.4 Å². The first kappa shape index (κ1) is 12.8. The van der Waals surface area contributed by atoms with Gasteiger partial charge in [0.25, 0.3) is 0 Å². The minimum Gasteiger partial charge on any atom is -0.384 e. The van der Waals surface area contributed by atoms with E-state index < -0.39 is 0 Å². The monoisotopic (exact) mass is 276 g/mol. The average molecular weight is 276 g/mol. The lowest BCUT2D eigenvalue weighted by Gasteiger charge is -2.32. The number of ether oxygens (including phenoxy) is 1. The van der Waals surface area contributed by atoms with Crippen molar-refractivity contribution in [2.45, 2.75) is 44.7 Å². The van der Waals surface area contributed by atoms with Gasteiger partial charge in [0, 0.05) is 39.2 Å². The Morgan fingerprint density at radius 1 is 1.15 bits per heavy atom. The van der Waals surface area contributed by atoms with Crippen molar-refractivity contribution in [1.29, 1.82) is 0 Å². The van der Waals surface area contributed by atoms with E-state index in [9.17, 15) is 0 Å². The predicted octanol–water partition coefficient (Wildman–Crippen LogP) is 1.64. The Labute approximate surface area is 120 Å². The topological polar surface area (TPSA) is 43.2 Å². The van der Waals surface area contributed by atoms with Gasteiger partial charge in [0.1, 0.15) is 5.69 Å². The maximum Gasteiger partial charge on any atom is 0.100 e. The van der Waals surface area contributed by atoms with Gasteiger partial charge in [-0.05, 0) is 37.5 Å². The Hall–Kier alpha value is -0.940. The van der Waals surface area contributed by atoms with Crippen LogP contribution in [0.3, 0.4) is 0 Å². The highest BCUT2D eigenvalue weighted by Crippen LogP contribution is 2.35. The summed E-state index contributed by atoms with van der Waals surface area (Å²) in [4.78, 5) is 2.56. The second-order valence-corrected chi connectivity index (χ2v) is 6.84. The molecule has 0 bridgehead atoms. The van der Waals surface area contributed by atoms with Gasteiger partial charge in [0.05, 0.1) is 12.3 Å². The lowest BCUT2D eigenvalue weighted by atomic mass is 9.98. The fourth-order valence-electron chi connectivity index (χ4n) is 3.41. The molecule has 1 aromatic rings. The first-order valence-corrected chi connectivity index (χ1v) is 7.97. The molecule has 5 heteroatoms. The number of fused-ring (bicyclic) bond motifs is 1. The zero-order valence-electron chi connectivity index (χ0n) is 12.3. The standard InChI is InChI=1S/C15H24N4O/c1-20-10-13-8-18(6-11-2-3-11)9-14-15(13)19(17-16-14)7-12-4-5-12/h11-13H,2-10H2,1H3/t13-/m0/s1. The Bertz CT molecular complexity index is 478. The van der Waals surface area contributed by atoms with Crippen molar-refractivity contribution in [2.24, 2.45) is 11.8 Å². The summed E-state index contributed by atoms with van der Waals surface area (Å²) in [5, 5.41) is 8.89. The Kier molecular flexibility index (Phi) is 3.27. The third kappa shape index (κ3) is 2.61. The molecule has 0 saturated heterocycles. The summed E-state index contributed by atoms with van der Waals surface area (Å²) in [5.41, 5.74) is 2.55. The van der Waals surface area contributed by atoms with E-state index in [1.54, 1.807) is 7.11 Å². The van der Waals surface area contributed by atoms with Crippen LogP contribution in [0.15, 0.2) is 0 Å². The highest BCUT2D eigenvalue weighted by molar-refractivity contribution is 5.20. The fraction of sp³-hybridized carbons (Fsp3) is 0.867. The van der Waals surface area contributed by atoms with Gasteiger partial charge < -0.3 is 4.74 Å². The molecule has 4 rings (SSSR count). The van der Waals surface area contributed by atoms with Gasteiger partial charge in [-0.2, -0.15) is 0 Å². The van der Waals surface area contributed by atoms with Crippen molar-refractivity contribution in [3.8, 4) is 0 Å². The van der Waals surface area contributed by atoms with E-state index >= 15 is 0 Å². The predicted molar refractivity (Wildman–Crippen MR) is 75.4 cm³/mol. The molecule has 1 atom stereocenters. The van der Waals surface area contributed by atoms with Crippen molar-refractivity contribution in [2.75, 3.05) is 26.8 Å². The summed E-state index contributed by atoms with van der Waals surface area (Å²) in [6.45, 7) is 5.17. The van der Waals surface area contributed by atoms with Crippen LogP contribution in [0.25, 0.3) is 0 Å². The van der Waals surface area contributed by atoms with Gasteiger partial charge in [-0.15, -0.1) is 5.10 Å². The van der Waals surface area contributed by atoms with Gasteiger partial charge in [0.15, 0.2) is 0 Å². The van der Waals surface area contributed by atoms with Gasteiger partial charge in [-0.1, -0.05) is 5.21 Å². The van der Waals surface area contributed by atoms with Crippen LogP contribution in [0.5, 0.6) is 0 Å². The quantitative estimate of drug-likeness (QED) is 0.792. The molecule has 0 radical (unpaired) electrons. The van der Waals surface area contributed by atoms with E-state index in [0.717, 1.165) is 38.1 Å². The number of hydrogen-bond acceptors (Lipinski definition) is 4. The molecular formula is C15H24N4O. The second kappa shape index (κ2) is 5.11. The molecule has 110 valence electrons. The minimum absolute atomic E-state index is 0.441. The first-order chi connectivity index (χ1) is 9.83. The SMILES string of the molecule is COC[C@@H]1CN(CC2CC2)Cc2nnn(CC3CC3)c21. The van der Waals surface area contributed by atoms with Crippen LogP contribution in [-0.4, -0.2) is 46.7 Å². The lowest BCUT2D eigenvalue weighted by molar-refractivity contribution is 0.132. The van der Waals surface area contributed by atoms with E-state index in [2.05, 4.69) is 19.9 Å². The van der Waals surface area contributed by atoms with E-state index in [1.807, 2.05) is 0 Å². The molecule has 3 aliphatic rings. The molecule has 2 saturated carbocycles. The van der Waals surface area contributed by atoms with Gasteiger partial charge in [0.2, 0.25) is 0 Å². The molecule has 0 unspecified atom stereocenters. The molecule has 0 amide bonds. The van der Waals surface area contributed by atoms with Crippen molar-refractivity contribution in [1.82, 2.24) is 19.9 Å². The molecular weight excluding hydrogens is 252 g/mol. The maximum atomic E-state index is 5.46. The van der Waals surface area contributed by atoms with Gasteiger partial charge >= 0.3 is 0 Å². The van der Waals surface area contributed by atoms with Crippen LogP contribution in [0.1, 0.15) is 43.0 Å². The summed E-state index contributed by atoms with van der Waals surface area (Å²) >= 11 is 0. The highest BCUT2D eigenvalue weighted by atomic mass is 16.5. The van der Waals surface area contributed by atoms with Crippen LogP contribution in [-0.2, 0) is 17.8 Å². The van der Waals surface area contributed by atoms with Crippen LogP contribution >= 0.6 is 0 Å². The van der Waals surface area contributed by atoms with Crippen molar-refractivity contribution in [3.63, 3.8) is 0 Å². The summed E-state index contributed by atoms with van der Waals surface area (Å²) in [6, 6.07) is 0. The largest absolute Gasteiger partial charge is 0.384 e. The molecule has 2 fully saturated rings. The highest BCUT2D eigenvalue weighted by Gasteiger charge is 2.34. The van der Waals surface area contributed by atoms with Crippen LogP contribution in [0, 0.1) is 11.8 Å². The second-order valence-electron chi connectivity index (χ2n) is 6.84. The third-order valence-corrected chi connectivity index (χ3v) is 4.80. The molecule has 2 aliphatic carbocycles. The molecule has 1 aromatic heterocycles. The molecule has 0 N–H and O–H groups in total. The smallest absolute Gasteiger partial charge is 0.100 e. The van der Waals surface area contributed by atoms with Gasteiger partial charge in [-0.25, -0.2) is 4.68 Å². The minimum atomic E-state index is 0.441. The van der Waals surface area contributed by atoms with Crippen LogP contribution in [0.4, 0.5) is 0 Å². The Morgan fingerprint density at radius 2 is 1.90 bits per heavy atom. The van der Waals surface area contributed by atoms with Crippen molar-refractivity contribution < 1.29 is 4.74 Å². The third-order valence-electron chi connectivity index (χ3n) is 4.80. The van der Waals surface area contributed by atoms with Crippen LogP contribution < -0.4 is 0 Å². The number of aromatic nitrogens is 3. The van der Waals surface area contributed by atoms with E-state index in [-0.39, 0.29) is 0 Å². The summed E-state index contributed by atoms with van der Waals surface area (Å²) in [5.74, 6) is 2.21. The number of rotatable bonds is 6. The van der Waals surface area contributed by atoms with E-state index in [1.165, 1.54) is 43.6 Å². The Balaban J connectivity index is 1.55. The zero-order chi connectivity index (χ0) is 13.5. The van der Waals surface area contributed by atoms with E-state index in [0.29, 0.717) is 5.92 Å². The fourth-order valence-corrected chi connectivity index (χ4v) is 3.41. The summed E-state index contributed by atoms with van der Waals surface area (Å²) in [7, 11) is 1.80. The van der Waals surface area contributed by atoms with Gasteiger partial charge in [-0.3, -0.25) is 4.90 Å². The normalized spacial score (nSPS) is 26.8. The number of nitrogens with zero attached hydrogens (tertiary/aromatic N) is 4. The maximum absolute atomic E-state index is 5.46. The molecule has 20 heavy (non-hydrogen) atoms. The molecule has 1 aliphatic heterocycles. The Morgan fingerprint density at radius 3 is 2.60 bits per heavy atom. The summed E-state index contributed by atoms with van der Waals surface area (Å²) < 4.78 is 7.63. The molecule has 5 nitrogen and oxygen atoms in total. The van der Waals surface area contributed by atoms with Crippen molar-refractivity contribution >= 4 is 0 Å². The number of methoxy groups -OCH3 is 1. The molecule has 2 heterocycles. The average Bonchev–Trinajstić information content (AvgIpc) is 3.32.